The molecule has 21 heavy (non-hydrogen) atoms. The minimum Gasteiger partial charge on any atom is -0.376 e. The van der Waals surface area contributed by atoms with Crippen molar-refractivity contribution in [2.24, 2.45) is 11.5 Å². The predicted octanol–water partition coefficient (Wildman–Crippen LogP) is 1.59. The van der Waals surface area contributed by atoms with E-state index >= 15 is 0 Å². The molecule has 5 N–H and O–H groups in total. The van der Waals surface area contributed by atoms with E-state index in [1.165, 1.54) is 0 Å². The maximum Gasteiger partial charge on any atom is 0.133 e. The minimum atomic E-state index is -1.07. The largest absolute Gasteiger partial charge is 0.376 e. The number of rotatable bonds is 7. The zero-order valence-corrected chi connectivity index (χ0v) is 11.9. The van der Waals surface area contributed by atoms with E-state index in [4.69, 9.17) is 16.2 Å². The Morgan fingerprint density at radius 1 is 0.905 bits per heavy atom. The fraction of sp³-hybridized carbons (Fsp3) is 0.294. The summed E-state index contributed by atoms with van der Waals surface area (Å²) >= 11 is 0. The molecule has 0 amide bonds. The maximum atomic E-state index is 9.68. The molecule has 2 aromatic carbocycles. The third-order valence-corrected chi connectivity index (χ3v) is 3.27. The summed E-state index contributed by atoms with van der Waals surface area (Å²) in [6.07, 6.45) is -0.910. The standard InChI is InChI=1S/C17H22N2O2/c18-15(11-13-7-3-1-4-8-13)12-21-16(17(19)20)14-9-5-2-6-10-14/h1-10,15-17,20H,11-12,18-19H2. The Kier molecular flexibility index (Phi) is 5.90. The van der Waals surface area contributed by atoms with Gasteiger partial charge in [0, 0.05) is 6.04 Å². The van der Waals surface area contributed by atoms with Crippen LogP contribution in [0.5, 0.6) is 0 Å². The quantitative estimate of drug-likeness (QED) is 0.675. The molecule has 0 saturated carbocycles. The van der Waals surface area contributed by atoms with Gasteiger partial charge in [-0.1, -0.05) is 60.7 Å². The fourth-order valence-corrected chi connectivity index (χ4v) is 2.24. The van der Waals surface area contributed by atoms with Crippen LogP contribution in [-0.4, -0.2) is 24.0 Å². The van der Waals surface area contributed by atoms with Crippen molar-refractivity contribution in [1.29, 1.82) is 0 Å². The lowest BCUT2D eigenvalue weighted by atomic mass is 10.1. The first kappa shape index (κ1) is 15.7. The van der Waals surface area contributed by atoms with Crippen molar-refractivity contribution in [1.82, 2.24) is 0 Å². The SMILES string of the molecule is NC(COC(c1ccccc1)C(N)O)Cc1ccccc1. The monoisotopic (exact) mass is 286 g/mol. The van der Waals surface area contributed by atoms with Gasteiger partial charge in [0.1, 0.15) is 12.3 Å². The van der Waals surface area contributed by atoms with Crippen LogP contribution in [0, 0.1) is 0 Å². The smallest absolute Gasteiger partial charge is 0.133 e. The van der Waals surface area contributed by atoms with E-state index < -0.39 is 12.3 Å². The summed E-state index contributed by atoms with van der Waals surface area (Å²) in [5.74, 6) is 0. The molecule has 0 saturated heterocycles. The summed E-state index contributed by atoms with van der Waals surface area (Å²) in [6, 6.07) is 19.3. The average Bonchev–Trinajstić information content (AvgIpc) is 2.49. The summed E-state index contributed by atoms with van der Waals surface area (Å²) in [5.41, 5.74) is 13.7. The summed E-state index contributed by atoms with van der Waals surface area (Å²) in [6.45, 7) is 0.336. The molecule has 0 radical (unpaired) electrons. The second-order valence-electron chi connectivity index (χ2n) is 5.11. The van der Waals surface area contributed by atoms with Crippen LogP contribution in [0.2, 0.25) is 0 Å². The second kappa shape index (κ2) is 7.90. The van der Waals surface area contributed by atoms with E-state index in [1.54, 1.807) is 0 Å². The molecule has 4 nitrogen and oxygen atoms in total. The van der Waals surface area contributed by atoms with Crippen LogP contribution in [-0.2, 0) is 11.2 Å². The van der Waals surface area contributed by atoms with Crippen molar-refractivity contribution in [3.05, 3.63) is 71.8 Å². The van der Waals surface area contributed by atoms with Crippen molar-refractivity contribution < 1.29 is 9.84 Å². The predicted molar refractivity (Wildman–Crippen MR) is 83.5 cm³/mol. The third-order valence-electron chi connectivity index (χ3n) is 3.27. The summed E-state index contributed by atoms with van der Waals surface area (Å²) in [7, 11) is 0. The van der Waals surface area contributed by atoms with E-state index in [-0.39, 0.29) is 6.04 Å². The molecule has 0 aliphatic carbocycles. The van der Waals surface area contributed by atoms with Crippen molar-refractivity contribution >= 4 is 0 Å². The molecule has 0 bridgehead atoms. The third kappa shape index (κ3) is 4.95. The molecule has 2 rings (SSSR count). The summed E-state index contributed by atoms with van der Waals surface area (Å²) < 4.78 is 5.72. The van der Waals surface area contributed by atoms with Gasteiger partial charge in [-0.25, -0.2) is 0 Å². The van der Waals surface area contributed by atoms with E-state index in [2.05, 4.69) is 0 Å². The minimum absolute atomic E-state index is 0.141. The second-order valence-corrected chi connectivity index (χ2v) is 5.11. The molecule has 3 atom stereocenters. The highest BCUT2D eigenvalue weighted by Gasteiger charge is 2.19. The molecule has 0 spiro atoms. The first-order valence-electron chi connectivity index (χ1n) is 7.06. The summed E-state index contributed by atoms with van der Waals surface area (Å²) in [5, 5.41) is 9.68. The van der Waals surface area contributed by atoms with Crippen molar-refractivity contribution in [2.45, 2.75) is 24.8 Å². The highest BCUT2D eigenvalue weighted by Crippen LogP contribution is 2.19. The normalized spacial score (nSPS) is 15.4. The van der Waals surface area contributed by atoms with E-state index in [0.29, 0.717) is 6.61 Å². The van der Waals surface area contributed by atoms with Crippen molar-refractivity contribution in [3.8, 4) is 0 Å². The summed E-state index contributed by atoms with van der Waals surface area (Å²) in [4.78, 5) is 0. The molecule has 3 unspecified atom stereocenters. The number of aliphatic hydroxyl groups excluding tert-OH is 1. The Bertz CT molecular complexity index is 517. The zero-order valence-electron chi connectivity index (χ0n) is 11.9. The number of benzene rings is 2. The van der Waals surface area contributed by atoms with Gasteiger partial charge in [0.2, 0.25) is 0 Å². The van der Waals surface area contributed by atoms with Gasteiger partial charge in [-0.3, -0.25) is 0 Å². The fourth-order valence-electron chi connectivity index (χ4n) is 2.24. The zero-order chi connectivity index (χ0) is 15.1. The van der Waals surface area contributed by atoms with Gasteiger partial charge in [0.05, 0.1) is 6.61 Å². The van der Waals surface area contributed by atoms with Gasteiger partial charge in [-0.05, 0) is 17.5 Å². The first-order valence-corrected chi connectivity index (χ1v) is 7.06. The maximum absolute atomic E-state index is 9.68. The van der Waals surface area contributed by atoms with Gasteiger partial charge in [-0.2, -0.15) is 0 Å². The number of hydrogen-bond acceptors (Lipinski definition) is 4. The molecule has 112 valence electrons. The lowest BCUT2D eigenvalue weighted by Crippen LogP contribution is -2.35. The van der Waals surface area contributed by atoms with E-state index in [1.807, 2.05) is 60.7 Å². The molecule has 0 aliphatic rings. The van der Waals surface area contributed by atoms with Crippen LogP contribution in [0.15, 0.2) is 60.7 Å². The molecular weight excluding hydrogens is 264 g/mol. The van der Waals surface area contributed by atoms with Gasteiger partial charge in [0.25, 0.3) is 0 Å². The lowest BCUT2D eigenvalue weighted by Gasteiger charge is -2.23. The highest BCUT2D eigenvalue weighted by atomic mass is 16.5. The van der Waals surface area contributed by atoms with Crippen LogP contribution in [0.25, 0.3) is 0 Å². The molecule has 0 heterocycles. The number of aliphatic hydroxyl groups is 1. The van der Waals surface area contributed by atoms with Crippen molar-refractivity contribution in [2.75, 3.05) is 6.61 Å². The highest BCUT2D eigenvalue weighted by molar-refractivity contribution is 5.18. The van der Waals surface area contributed by atoms with Crippen LogP contribution < -0.4 is 11.5 Å². The number of hydrogen-bond donors (Lipinski definition) is 3. The van der Waals surface area contributed by atoms with Gasteiger partial charge >= 0.3 is 0 Å². The molecule has 0 aromatic heterocycles. The van der Waals surface area contributed by atoms with Gasteiger partial charge < -0.3 is 21.3 Å². The van der Waals surface area contributed by atoms with Crippen LogP contribution >= 0.6 is 0 Å². The van der Waals surface area contributed by atoms with E-state index in [0.717, 1.165) is 17.5 Å². The topological polar surface area (TPSA) is 81.5 Å². The number of ether oxygens (including phenoxy) is 1. The van der Waals surface area contributed by atoms with Crippen molar-refractivity contribution in [3.63, 3.8) is 0 Å². The van der Waals surface area contributed by atoms with Gasteiger partial charge in [-0.15, -0.1) is 0 Å². The molecule has 0 aliphatic heterocycles. The Hall–Kier alpha value is -1.72. The lowest BCUT2D eigenvalue weighted by molar-refractivity contribution is -0.0410. The van der Waals surface area contributed by atoms with E-state index in [9.17, 15) is 5.11 Å². The van der Waals surface area contributed by atoms with Gasteiger partial charge in [0.15, 0.2) is 0 Å². The molecule has 4 heteroatoms. The Balaban J connectivity index is 1.90. The number of nitrogens with two attached hydrogens (primary N) is 2. The first-order chi connectivity index (χ1) is 10.2. The van der Waals surface area contributed by atoms with Crippen LogP contribution in [0.1, 0.15) is 17.2 Å². The molecule has 0 fully saturated rings. The van der Waals surface area contributed by atoms with Crippen LogP contribution in [0.3, 0.4) is 0 Å². The van der Waals surface area contributed by atoms with Crippen LogP contribution in [0.4, 0.5) is 0 Å². The Labute approximate surface area is 125 Å². The molecule has 2 aromatic rings. The molecular formula is C17H22N2O2. The average molecular weight is 286 g/mol. The Morgan fingerprint density at radius 2 is 1.48 bits per heavy atom. The Morgan fingerprint density at radius 3 is 2.05 bits per heavy atom.